The average molecular weight is 296 g/mol. The summed E-state index contributed by atoms with van der Waals surface area (Å²) in [5.74, 6) is -0.665. The molecule has 0 spiro atoms. The Hall–Kier alpha value is -1.76. The molecule has 0 aliphatic carbocycles. The molecular weight excluding hydrogens is 285 g/mol. The summed E-state index contributed by atoms with van der Waals surface area (Å²) < 4.78 is 4.73. The van der Waals surface area contributed by atoms with Crippen LogP contribution in [0.4, 0.5) is 0 Å². The van der Waals surface area contributed by atoms with Crippen molar-refractivity contribution in [1.82, 2.24) is 0 Å². The molecule has 5 heteroatoms. The number of hydrogen-bond donors (Lipinski definition) is 0. The van der Waals surface area contributed by atoms with E-state index >= 15 is 0 Å². The summed E-state index contributed by atoms with van der Waals surface area (Å²) in [6.45, 7) is 1.88. The molecule has 0 aromatic heterocycles. The van der Waals surface area contributed by atoms with Gasteiger partial charge in [0.1, 0.15) is 11.6 Å². The summed E-state index contributed by atoms with van der Waals surface area (Å²) in [4.78, 5) is 11.4. The van der Waals surface area contributed by atoms with Gasteiger partial charge in [-0.25, -0.2) is 4.79 Å². The van der Waals surface area contributed by atoms with Gasteiger partial charge in [0.05, 0.1) is 6.61 Å². The van der Waals surface area contributed by atoms with Gasteiger partial charge in [0.2, 0.25) is 0 Å². The monoisotopic (exact) mass is 295 g/mol. The van der Waals surface area contributed by atoms with Crippen molar-refractivity contribution in [3.8, 4) is 6.07 Å². The predicted octanol–water partition coefficient (Wildman–Crippen LogP) is 3.93. The minimum Gasteiger partial charge on any atom is -0.462 e. The highest BCUT2D eigenvalue weighted by atomic mass is 35.5. The molecule has 0 amide bonds. The van der Waals surface area contributed by atoms with E-state index in [-0.39, 0.29) is 12.2 Å². The third kappa shape index (κ3) is 4.78. The molecule has 3 nitrogen and oxygen atoms in total. The molecule has 0 atom stereocenters. The molecule has 0 bridgehead atoms. The van der Waals surface area contributed by atoms with Gasteiger partial charge in [-0.3, -0.25) is 0 Å². The van der Waals surface area contributed by atoms with Crippen molar-refractivity contribution in [1.29, 1.82) is 5.26 Å². The Morgan fingerprint density at radius 2 is 2.00 bits per heavy atom. The van der Waals surface area contributed by atoms with Crippen LogP contribution in [0.25, 0.3) is 5.03 Å². The van der Waals surface area contributed by atoms with Crippen molar-refractivity contribution in [3.63, 3.8) is 0 Å². The second-order valence-electron chi connectivity index (χ2n) is 3.43. The number of benzene rings is 1. The number of nitrogens with zero attached hydrogens (tertiary/aromatic N) is 1. The summed E-state index contributed by atoms with van der Waals surface area (Å²) in [7, 11) is 0. The van der Waals surface area contributed by atoms with Crippen LogP contribution in [0.5, 0.6) is 0 Å². The van der Waals surface area contributed by atoms with Gasteiger partial charge in [-0.2, -0.15) is 5.26 Å². The van der Waals surface area contributed by atoms with Gasteiger partial charge in [-0.15, -0.1) is 0 Å². The Labute approximate surface area is 121 Å². The molecular formula is C14H11Cl2NO2. The minimum absolute atomic E-state index is 0.103. The summed E-state index contributed by atoms with van der Waals surface area (Å²) in [5, 5.41) is 9.84. The molecule has 0 fully saturated rings. The Balaban J connectivity index is 2.92. The van der Waals surface area contributed by atoms with Crippen LogP contribution in [0.3, 0.4) is 0 Å². The lowest BCUT2D eigenvalue weighted by molar-refractivity contribution is -0.138. The van der Waals surface area contributed by atoms with Crippen LogP contribution in [0.15, 0.2) is 42.0 Å². The highest BCUT2D eigenvalue weighted by Gasteiger charge is 2.08. The van der Waals surface area contributed by atoms with Crippen LogP contribution in [0.2, 0.25) is 5.02 Å². The van der Waals surface area contributed by atoms with E-state index in [0.29, 0.717) is 10.1 Å². The van der Waals surface area contributed by atoms with E-state index < -0.39 is 5.97 Å². The quantitative estimate of drug-likeness (QED) is 0.366. The molecule has 0 aliphatic rings. The van der Waals surface area contributed by atoms with E-state index in [0.717, 1.165) is 5.56 Å². The molecule has 98 valence electrons. The fraction of sp³-hybridized carbons (Fsp3) is 0.143. The molecule has 1 aromatic rings. The Bertz CT molecular complexity index is 554. The molecule has 0 saturated carbocycles. The topological polar surface area (TPSA) is 50.1 Å². The van der Waals surface area contributed by atoms with E-state index in [2.05, 4.69) is 0 Å². The number of allylic oxidation sites excluding steroid dienone is 2. The molecule has 0 saturated heterocycles. The Kier molecular flexibility index (Phi) is 6.14. The second kappa shape index (κ2) is 7.63. The lowest BCUT2D eigenvalue weighted by Crippen LogP contribution is -2.05. The van der Waals surface area contributed by atoms with Crippen molar-refractivity contribution in [2.45, 2.75) is 6.92 Å². The van der Waals surface area contributed by atoms with E-state index in [1.165, 1.54) is 12.2 Å². The fourth-order valence-electron chi connectivity index (χ4n) is 1.22. The summed E-state index contributed by atoms with van der Waals surface area (Å²) in [5.41, 5.74) is 0.637. The number of ether oxygens (including phenoxy) is 1. The van der Waals surface area contributed by atoms with E-state index in [9.17, 15) is 4.79 Å². The second-order valence-corrected chi connectivity index (χ2v) is 4.28. The van der Waals surface area contributed by atoms with E-state index in [1.54, 1.807) is 37.3 Å². The third-order valence-corrected chi connectivity index (χ3v) is 2.73. The van der Waals surface area contributed by atoms with Crippen molar-refractivity contribution in [3.05, 3.63) is 52.6 Å². The fourth-order valence-corrected chi connectivity index (χ4v) is 1.54. The number of carbonyl (C=O) groups excluding carboxylic acids is 1. The minimum atomic E-state index is -0.665. The van der Waals surface area contributed by atoms with Crippen LogP contribution in [0, 0.1) is 11.3 Å². The largest absolute Gasteiger partial charge is 0.462 e. The van der Waals surface area contributed by atoms with E-state index in [1.807, 2.05) is 0 Å². The SMILES string of the molecule is CCOC(=O)C(C#N)=CC=C(Cl)c1ccc(Cl)cc1. The van der Waals surface area contributed by atoms with Crippen LogP contribution in [0.1, 0.15) is 12.5 Å². The molecule has 1 rings (SSSR count). The first-order chi connectivity index (χ1) is 9.08. The summed E-state index contributed by atoms with van der Waals surface area (Å²) in [6, 6.07) is 8.65. The number of hydrogen-bond acceptors (Lipinski definition) is 3. The molecule has 1 aromatic carbocycles. The van der Waals surface area contributed by atoms with Crippen molar-refractivity contribution < 1.29 is 9.53 Å². The smallest absolute Gasteiger partial charge is 0.348 e. The standard InChI is InChI=1S/C14H11Cl2NO2/c1-2-19-14(18)11(9-17)5-8-13(16)10-3-6-12(15)7-4-10/h3-8H,2H2,1H3. The number of nitriles is 1. The van der Waals surface area contributed by atoms with Gasteiger partial charge in [-0.05, 0) is 36.8 Å². The number of rotatable bonds is 4. The van der Waals surface area contributed by atoms with Crippen molar-refractivity contribution >= 4 is 34.2 Å². The van der Waals surface area contributed by atoms with Gasteiger partial charge in [-0.1, -0.05) is 35.3 Å². The maximum atomic E-state index is 11.4. The highest BCUT2D eigenvalue weighted by Crippen LogP contribution is 2.21. The molecule has 19 heavy (non-hydrogen) atoms. The van der Waals surface area contributed by atoms with Crippen molar-refractivity contribution in [2.75, 3.05) is 6.61 Å². The van der Waals surface area contributed by atoms with Crippen LogP contribution >= 0.6 is 23.2 Å². The van der Waals surface area contributed by atoms with Crippen LogP contribution < -0.4 is 0 Å². The molecule has 0 aliphatic heterocycles. The molecule has 0 unspecified atom stereocenters. The number of carbonyl (C=O) groups is 1. The van der Waals surface area contributed by atoms with Gasteiger partial charge >= 0.3 is 5.97 Å². The first kappa shape index (κ1) is 15.3. The van der Waals surface area contributed by atoms with Gasteiger partial charge in [0.25, 0.3) is 0 Å². The predicted molar refractivity (Wildman–Crippen MR) is 75.6 cm³/mol. The highest BCUT2D eigenvalue weighted by molar-refractivity contribution is 6.49. The van der Waals surface area contributed by atoms with Gasteiger partial charge in [0.15, 0.2) is 0 Å². The van der Waals surface area contributed by atoms with Crippen LogP contribution in [-0.4, -0.2) is 12.6 Å². The average Bonchev–Trinajstić information content (AvgIpc) is 2.40. The number of halogens is 2. The Morgan fingerprint density at radius 3 is 2.53 bits per heavy atom. The zero-order chi connectivity index (χ0) is 14.3. The molecule has 0 heterocycles. The maximum Gasteiger partial charge on any atom is 0.348 e. The Morgan fingerprint density at radius 1 is 1.37 bits per heavy atom. The lowest BCUT2D eigenvalue weighted by Gasteiger charge is -1.99. The first-order valence-electron chi connectivity index (χ1n) is 5.49. The number of esters is 1. The lowest BCUT2D eigenvalue weighted by atomic mass is 10.2. The normalized spacial score (nSPS) is 11.9. The third-order valence-electron chi connectivity index (χ3n) is 2.13. The van der Waals surface area contributed by atoms with E-state index in [4.69, 9.17) is 33.2 Å². The van der Waals surface area contributed by atoms with Gasteiger partial charge < -0.3 is 4.74 Å². The van der Waals surface area contributed by atoms with Crippen molar-refractivity contribution in [2.24, 2.45) is 0 Å². The zero-order valence-corrected chi connectivity index (χ0v) is 11.7. The summed E-state index contributed by atoms with van der Waals surface area (Å²) >= 11 is 11.8. The first-order valence-corrected chi connectivity index (χ1v) is 6.24. The zero-order valence-electron chi connectivity index (χ0n) is 10.2. The molecule has 0 radical (unpaired) electrons. The van der Waals surface area contributed by atoms with Crippen LogP contribution in [-0.2, 0) is 9.53 Å². The summed E-state index contributed by atoms with van der Waals surface area (Å²) in [6.07, 6.45) is 2.80. The van der Waals surface area contributed by atoms with Gasteiger partial charge in [0, 0.05) is 10.1 Å². The maximum absolute atomic E-state index is 11.4. The molecule has 0 N–H and O–H groups in total.